The average Bonchev–Trinajstić information content (AvgIpc) is 2.87. The highest BCUT2D eigenvalue weighted by Gasteiger charge is 2.28. The molecule has 0 bridgehead atoms. The number of carbonyl (C=O) groups is 2. The number of nitrogens with zero attached hydrogens (tertiary/aromatic N) is 2. The number of carboxylic acid groups (broad SMARTS) is 1. The van der Waals surface area contributed by atoms with Gasteiger partial charge >= 0.3 is 5.97 Å². The molecule has 0 aliphatic carbocycles. The van der Waals surface area contributed by atoms with E-state index in [2.05, 4.69) is 10.4 Å². The largest absolute Gasteiger partial charge is 0.481 e. The molecule has 0 radical (unpaired) electrons. The minimum absolute atomic E-state index is 0.0600. The minimum atomic E-state index is -1.01. The highest BCUT2D eigenvalue weighted by molar-refractivity contribution is 5.95. The highest BCUT2D eigenvalue weighted by atomic mass is 16.4. The molecule has 1 heterocycles. The van der Waals surface area contributed by atoms with Crippen LogP contribution in [0.2, 0.25) is 0 Å². The van der Waals surface area contributed by atoms with Crippen LogP contribution in [0.25, 0.3) is 0 Å². The van der Waals surface area contributed by atoms with Gasteiger partial charge in [0, 0.05) is 12.2 Å². The molecule has 6 heteroatoms. The number of hydrogen-bond donors (Lipinski definition) is 2. The third kappa shape index (κ3) is 3.97. The van der Waals surface area contributed by atoms with Crippen LogP contribution >= 0.6 is 0 Å². The number of amides is 1. The van der Waals surface area contributed by atoms with Gasteiger partial charge in [-0.1, -0.05) is 30.3 Å². The first-order valence-electron chi connectivity index (χ1n) is 7.39. The van der Waals surface area contributed by atoms with Crippen LogP contribution in [0.4, 0.5) is 0 Å². The predicted octanol–water partition coefficient (Wildman–Crippen LogP) is 2.08. The molecular formula is C17H21N3O3. The SMILES string of the molecule is Cc1c(C(=O)NCC(C)(C)C(=O)O)cnn1Cc1ccccc1. The smallest absolute Gasteiger partial charge is 0.310 e. The second kappa shape index (κ2) is 6.64. The second-order valence-corrected chi connectivity index (χ2v) is 6.16. The molecule has 0 saturated heterocycles. The van der Waals surface area contributed by atoms with E-state index in [9.17, 15) is 9.59 Å². The molecule has 0 spiro atoms. The number of nitrogens with one attached hydrogen (secondary N) is 1. The maximum Gasteiger partial charge on any atom is 0.310 e. The van der Waals surface area contributed by atoms with E-state index in [1.54, 1.807) is 18.5 Å². The number of benzene rings is 1. The van der Waals surface area contributed by atoms with Crippen LogP contribution in [0.5, 0.6) is 0 Å². The van der Waals surface area contributed by atoms with E-state index in [-0.39, 0.29) is 12.5 Å². The van der Waals surface area contributed by atoms with Gasteiger partial charge in [-0.15, -0.1) is 0 Å². The van der Waals surface area contributed by atoms with Crippen LogP contribution in [0.1, 0.15) is 35.5 Å². The van der Waals surface area contributed by atoms with Gasteiger partial charge in [-0.25, -0.2) is 0 Å². The molecule has 122 valence electrons. The molecule has 0 atom stereocenters. The van der Waals surface area contributed by atoms with Crippen molar-refractivity contribution < 1.29 is 14.7 Å². The number of aliphatic carboxylic acids is 1. The zero-order chi connectivity index (χ0) is 17.0. The summed E-state index contributed by atoms with van der Waals surface area (Å²) < 4.78 is 1.76. The van der Waals surface area contributed by atoms with Gasteiger partial charge in [-0.05, 0) is 26.3 Å². The molecule has 0 saturated carbocycles. The molecule has 1 aromatic carbocycles. The van der Waals surface area contributed by atoms with Crippen molar-refractivity contribution in [2.75, 3.05) is 6.54 Å². The Kier molecular flexibility index (Phi) is 4.83. The standard InChI is InChI=1S/C17H21N3O3/c1-12-14(15(21)18-11-17(2,3)16(22)23)9-19-20(12)10-13-7-5-4-6-8-13/h4-9H,10-11H2,1-3H3,(H,18,21)(H,22,23). The third-order valence-electron chi connectivity index (χ3n) is 3.79. The quantitative estimate of drug-likeness (QED) is 0.855. The lowest BCUT2D eigenvalue weighted by atomic mass is 9.94. The van der Waals surface area contributed by atoms with Crippen molar-refractivity contribution in [1.29, 1.82) is 0 Å². The fourth-order valence-corrected chi connectivity index (χ4v) is 2.06. The highest BCUT2D eigenvalue weighted by Crippen LogP contribution is 2.15. The molecule has 0 fully saturated rings. The Bertz CT molecular complexity index is 705. The number of aromatic nitrogens is 2. The van der Waals surface area contributed by atoms with Crippen LogP contribution in [0.3, 0.4) is 0 Å². The van der Waals surface area contributed by atoms with Gasteiger partial charge in [0.1, 0.15) is 0 Å². The van der Waals surface area contributed by atoms with Crippen molar-refractivity contribution >= 4 is 11.9 Å². The van der Waals surface area contributed by atoms with Crippen molar-refractivity contribution in [3.63, 3.8) is 0 Å². The zero-order valence-electron chi connectivity index (χ0n) is 13.5. The molecule has 1 amide bonds. The van der Waals surface area contributed by atoms with Gasteiger partial charge in [0.05, 0.1) is 23.7 Å². The number of rotatable bonds is 6. The fourth-order valence-electron chi connectivity index (χ4n) is 2.06. The Labute approximate surface area is 135 Å². The summed E-state index contributed by atoms with van der Waals surface area (Å²) in [6.07, 6.45) is 1.52. The van der Waals surface area contributed by atoms with Crippen molar-refractivity contribution in [1.82, 2.24) is 15.1 Å². The molecule has 6 nitrogen and oxygen atoms in total. The van der Waals surface area contributed by atoms with E-state index in [4.69, 9.17) is 5.11 Å². The average molecular weight is 315 g/mol. The van der Waals surface area contributed by atoms with Gasteiger partial charge < -0.3 is 10.4 Å². The minimum Gasteiger partial charge on any atom is -0.481 e. The Morgan fingerprint density at radius 3 is 2.52 bits per heavy atom. The Morgan fingerprint density at radius 2 is 1.91 bits per heavy atom. The summed E-state index contributed by atoms with van der Waals surface area (Å²) in [7, 11) is 0. The monoisotopic (exact) mass is 315 g/mol. The third-order valence-corrected chi connectivity index (χ3v) is 3.79. The van der Waals surface area contributed by atoms with Crippen LogP contribution < -0.4 is 5.32 Å². The summed E-state index contributed by atoms with van der Waals surface area (Å²) in [5.74, 6) is -1.26. The lowest BCUT2D eigenvalue weighted by molar-refractivity contribution is -0.146. The summed E-state index contributed by atoms with van der Waals surface area (Å²) in [6, 6.07) is 9.85. The Hall–Kier alpha value is -2.63. The van der Waals surface area contributed by atoms with Crippen molar-refractivity contribution in [3.05, 3.63) is 53.3 Å². The maximum atomic E-state index is 12.2. The van der Waals surface area contributed by atoms with E-state index < -0.39 is 11.4 Å². The molecule has 2 rings (SSSR count). The molecule has 2 N–H and O–H groups in total. The first kappa shape index (κ1) is 16.7. The molecule has 1 aromatic heterocycles. The normalized spacial score (nSPS) is 11.3. The maximum absolute atomic E-state index is 12.2. The van der Waals surface area contributed by atoms with E-state index >= 15 is 0 Å². The molecule has 0 unspecified atom stereocenters. The number of hydrogen-bond acceptors (Lipinski definition) is 3. The van der Waals surface area contributed by atoms with E-state index in [0.29, 0.717) is 12.1 Å². The van der Waals surface area contributed by atoms with Gasteiger partial charge in [0.2, 0.25) is 0 Å². The predicted molar refractivity (Wildman–Crippen MR) is 86.3 cm³/mol. The molecule has 23 heavy (non-hydrogen) atoms. The van der Waals surface area contributed by atoms with Crippen molar-refractivity contribution in [2.45, 2.75) is 27.3 Å². The molecule has 0 aliphatic heterocycles. The van der Waals surface area contributed by atoms with Crippen LogP contribution in [0.15, 0.2) is 36.5 Å². The summed E-state index contributed by atoms with van der Waals surface area (Å²) in [4.78, 5) is 23.3. The summed E-state index contributed by atoms with van der Waals surface area (Å²) >= 11 is 0. The van der Waals surface area contributed by atoms with Gasteiger partial charge in [0.15, 0.2) is 0 Å². The summed E-state index contributed by atoms with van der Waals surface area (Å²) in [5, 5.41) is 16.0. The van der Waals surface area contributed by atoms with E-state index in [0.717, 1.165) is 11.3 Å². The Balaban J connectivity index is 2.07. The van der Waals surface area contributed by atoms with Gasteiger partial charge in [-0.3, -0.25) is 14.3 Å². The fraction of sp³-hybridized carbons (Fsp3) is 0.353. The van der Waals surface area contributed by atoms with E-state index in [1.165, 1.54) is 6.20 Å². The summed E-state index contributed by atoms with van der Waals surface area (Å²) in [5.41, 5.74) is 1.29. The van der Waals surface area contributed by atoms with Crippen LogP contribution in [0, 0.1) is 12.3 Å². The van der Waals surface area contributed by atoms with Crippen molar-refractivity contribution in [3.8, 4) is 0 Å². The number of carbonyl (C=O) groups excluding carboxylic acids is 1. The van der Waals surface area contributed by atoms with Crippen molar-refractivity contribution in [2.24, 2.45) is 5.41 Å². The zero-order valence-corrected chi connectivity index (χ0v) is 13.5. The Morgan fingerprint density at radius 1 is 1.26 bits per heavy atom. The molecule has 0 aliphatic rings. The molecule has 2 aromatic rings. The van der Waals surface area contributed by atoms with Gasteiger partial charge in [-0.2, -0.15) is 5.10 Å². The lowest BCUT2D eigenvalue weighted by Crippen LogP contribution is -2.39. The molecular weight excluding hydrogens is 294 g/mol. The topological polar surface area (TPSA) is 84.2 Å². The summed E-state index contributed by atoms with van der Waals surface area (Å²) in [6.45, 7) is 5.61. The lowest BCUT2D eigenvalue weighted by Gasteiger charge is -2.19. The second-order valence-electron chi connectivity index (χ2n) is 6.16. The number of carboxylic acids is 1. The van der Waals surface area contributed by atoms with Crippen LogP contribution in [-0.2, 0) is 11.3 Å². The first-order valence-corrected chi connectivity index (χ1v) is 7.39. The van der Waals surface area contributed by atoms with E-state index in [1.807, 2.05) is 37.3 Å². The first-order chi connectivity index (χ1) is 10.8. The van der Waals surface area contributed by atoms with Gasteiger partial charge in [0.25, 0.3) is 5.91 Å². The van der Waals surface area contributed by atoms with Crippen LogP contribution in [-0.4, -0.2) is 33.3 Å².